The van der Waals surface area contributed by atoms with Crippen molar-refractivity contribution in [2.24, 2.45) is 0 Å². The van der Waals surface area contributed by atoms with Gasteiger partial charge in [-0.05, 0) is 128 Å². The molecule has 102 heavy (non-hydrogen) atoms. The van der Waals surface area contributed by atoms with Crippen molar-refractivity contribution in [1.82, 2.24) is 29.7 Å². The van der Waals surface area contributed by atoms with Crippen molar-refractivity contribution in [2.75, 3.05) is 106 Å². The van der Waals surface area contributed by atoms with Gasteiger partial charge < -0.3 is 53.0 Å². The Morgan fingerprint density at radius 1 is 0.382 bits per heavy atom. The van der Waals surface area contributed by atoms with Crippen LogP contribution in [0.25, 0.3) is 102 Å². The smallest absolute Gasteiger partial charge is 0.311 e. The molecular weight excluding hydrogens is 1300 g/mol. The number of benzene rings is 6. The lowest BCUT2D eigenvalue weighted by atomic mass is 9.86. The number of imide groups is 2. The average Bonchev–Trinajstić information content (AvgIpc) is 0.908. The Morgan fingerprint density at radius 3 is 1.09 bits per heavy atom. The van der Waals surface area contributed by atoms with Crippen LogP contribution >= 0.6 is 0 Å². The molecular formula is C81H76N6O15. The molecule has 0 fully saturated rings. The Morgan fingerprint density at radius 2 is 0.716 bits per heavy atom. The lowest BCUT2D eigenvalue weighted by Gasteiger charge is -2.31. The topological polar surface area (TPSA) is 260 Å². The predicted molar refractivity (Wildman–Crippen MR) is 387 cm³/mol. The second-order valence-corrected chi connectivity index (χ2v) is 24.8. The highest BCUT2D eigenvalue weighted by Crippen LogP contribution is 2.41. The minimum Gasteiger partial charge on any atom is -0.463 e. The number of ether oxygens (including phenoxy) is 8. The van der Waals surface area contributed by atoms with Gasteiger partial charge in [0.25, 0.3) is 23.6 Å². The molecule has 21 nitrogen and oxygen atoms in total. The summed E-state index contributed by atoms with van der Waals surface area (Å²) in [5.41, 5.74) is 17.9. The molecule has 0 saturated carbocycles. The van der Waals surface area contributed by atoms with Gasteiger partial charge in [0, 0.05) is 77.3 Å². The summed E-state index contributed by atoms with van der Waals surface area (Å²) in [6, 6.07) is 47.0. The van der Waals surface area contributed by atoms with E-state index in [1.165, 1.54) is 24.3 Å². The number of fused-ring (bicyclic) bond motifs is 8. The number of aliphatic hydroxyl groups excluding tert-OH is 1. The fraction of sp³-hybridized carbons (Fsp3) is 0.259. The first kappa shape index (κ1) is 69.6. The molecule has 520 valence electrons. The van der Waals surface area contributed by atoms with Gasteiger partial charge in [0.2, 0.25) is 0 Å². The molecule has 8 bridgehead atoms. The second kappa shape index (κ2) is 32.2. The number of nitrogens with zero attached hydrogens (tertiary/aromatic N) is 4. The Hall–Kier alpha value is -10.9. The molecule has 0 radical (unpaired) electrons. The first-order chi connectivity index (χ1) is 49.8. The molecule has 3 N–H and O–H groups in total. The van der Waals surface area contributed by atoms with Gasteiger partial charge in [0.05, 0.1) is 135 Å². The molecule has 13 rings (SSSR count). The lowest BCUT2D eigenvalue weighted by molar-refractivity contribution is -0.148. The fourth-order valence-electron chi connectivity index (χ4n) is 12.8. The highest BCUT2D eigenvalue weighted by atomic mass is 16.6. The van der Waals surface area contributed by atoms with E-state index in [0.717, 1.165) is 110 Å². The third-order valence-electron chi connectivity index (χ3n) is 17.9. The number of hydrogen-bond acceptors (Lipinski definition) is 17. The summed E-state index contributed by atoms with van der Waals surface area (Å²) in [6.07, 6.45) is 7.77. The van der Waals surface area contributed by atoms with Crippen molar-refractivity contribution < 1.29 is 71.8 Å². The summed E-state index contributed by atoms with van der Waals surface area (Å²) >= 11 is 0. The van der Waals surface area contributed by atoms with E-state index in [9.17, 15) is 28.8 Å². The zero-order valence-electron chi connectivity index (χ0n) is 56.8. The van der Waals surface area contributed by atoms with Crippen molar-refractivity contribution >= 4 is 92.7 Å². The normalized spacial score (nSPS) is 13.1. The third-order valence-corrected chi connectivity index (χ3v) is 17.9. The Labute approximate surface area is 588 Å². The van der Waals surface area contributed by atoms with Crippen LogP contribution in [0.2, 0.25) is 0 Å². The van der Waals surface area contributed by atoms with Crippen molar-refractivity contribution in [3.05, 3.63) is 207 Å². The first-order valence-electron chi connectivity index (χ1n) is 34.0. The Balaban J connectivity index is 0.592. The van der Waals surface area contributed by atoms with Crippen LogP contribution < -0.4 is 4.74 Å². The zero-order valence-corrected chi connectivity index (χ0v) is 56.8. The zero-order chi connectivity index (χ0) is 70.6. The van der Waals surface area contributed by atoms with Gasteiger partial charge in [-0.15, -0.1) is 0 Å². The number of carbonyl (C=O) groups is 6. The molecule has 4 aliphatic rings. The number of nitrogens with one attached hydrogen (secondary N) is 2. The average molecular weight is 1370 g/mol. The second-order valence-electron chi connectivity index (χ2n) is 24.8. The van der Waals surface area contributed by atoms with Crippen LogP contribution in [0.5, 0.6) is 5.75 Å². The molecule has 7 heterocycles. The molecule has 0 unspecified atom stereocenters. The minimum absolute atomic E-state index is 0.0110. The summed E-state index contributed by atoms with van der Waals surface area (Å²) in [5.74, 6) is -3.17. The summed E-state index contributed by atoms with van der Waals surface area (Å²) in [6.45, 7) is 8.41. The maximum Gasteiger partial charge on any atom is 0.311 e. The van der Waals surface area contributed by atoms with Crippen LogP contribution in [0.3, 0.4) is 0 Å². The van der Waals surface area contributed by atoms with Crippen LogP contribution in [-0.2, 0) is 42.7 Å². The van der Waals surface area contributed by atoms with Crippen LogP contribution in [0.4, 0.5) is 0 Å². The van der Waals surface area contributed by atoms with Gasteiger partial charge in [-0.25, -0.2) is 9.97 Å². The van der Waals surface area contributed by atoms with E-state index in [-0.39, 0.29) is 144 Å². The summed E-state index contributed by atoms with van der Waals surface area (Å²) in [7, 11) is 0. The SMILES string of the molecule is Cc1ccc(-c2c3nc(c(-c4ccc(C)cc4)c4ccc([nH]4)c(-c4cccc(OC(=O)CCC(=O)OCCOCCOCCOCCN5C(=O)c6ccc7c8c(ccc(c68)C5=O)C(=O)N(CCOCCOCCOCCO)C7=O)c4)c4nc(c(-c5ccc(C)cc5)c5ccc2[nH]5)C=C4)C=C3)cc1. The van der Waals surface area contributed by atoms with Gasteiger partial charge in [-0.1, -0.05) is 102 Å². The number of carbonyl (C=O) groups excluding carboxylic acids is 6. The van der Waals surface area contributed by atoms with Gasteiger partial charge in [-0.3, -0.25) is 38.6 Å². The Kier molecular flexibility index (Phi) is 22.0. The molecule has 0 atom stereocenters. The van der Waals surface area contributed by atoms with Crippen LogP contribution in [0.15, 0.2) is 146 Å². The minimum atomic E-state index is -0.617. The molecule has 4 amide bonds. The van der Waals surface area contributed by atoms with E-state index in [1.807, 2.05) is 30.4 Å². The number of aliphatic hydroxyl groups is 1. The number of aryl methyl sites for hydroxylation is 3. The van der Waals surface area contributed by atoms with Crippen LogP contribution in [-0.4, -0.2) is 176 Å². The molecule has 9 aromatic rings. The molecule has 0 saturated heterocycles. The molecule has 0 spiro atoms. The van der Waals surface area contributed by atoms with Crippen molar-refractivity contribution in [3.63, 3.8) is 0 Å². The maximum absolute atomic E-state index is 13.8. The highest BCUT2D eigenvalue weighted by molar-refractivity contribution is 6.33. The molecule has 21 heteroatoms. The highest BCUT2D eigenvalue weighted by Gasteiger charge is 2.40. The Bertz CT molecular complexity index is 4810. The van der Waals surface area contributed by atoms with E-state index < -0.39 is 35.6 Å². The van der Waals surface area contributed by atoms with E-state index in [0.29, 0.717) is 18.9 Å². The van der Waals surface area contributed by atoms with E-state index in [4.69, 9.17) is 53.0 Å². The molecule has 0 aliphatic carbocycles. The number of aromatic nitrogens is 4. The number of hydrogen-bond donors (Lipinski definition) is 3. The van der Waals surface area contributed by atoms with Gasteiger partial charge in [0.15, 0.2) is 0 Å². The number of amides is 4. The largest absolute Gasteiger partial charge is 0.463 e. The quantitative estimate of drug-likeness (QED) is 0.0158. The molecule has 3 aromatic heterocycles. The number of H-pyrrole nitrogens is 2. The van der Waals surface area contributed by atoms with Gasteiger partial charge in [-0.2, -0.15) is 0 Å². The van der Waals surface area contributed by atoms with Crippen molar-refractivity contribution in [1.29, 1.82) is 0 Å². The summed E-state index contributed by atoms with van der Waals surface area (Å²) in [4.78, 5) is 102. The monoisotopic (exact) mass is 1370 g/mol. The number of esters is 2. The molecule has 6 aromatic carbocycles. The number of aromatic amines is 2. The standard InChI is InChI=1S/C81H76N6O15/c1-50-7-13-53(14-8-50)72-62-23-25-64(82-62)73(54-15-9-51(2)10-16-54)66-27-29-68(84-66)75(69-30-28-67(85-69)74(65-26-24-63(72)83-65)55-17-11-52(3)12-18-55)56-5-4-6-57(49-56)102-71(90)32-31-70(89)101-48-47-100-46-45-99-43-40-96-37-34-87-80(93)60-21-19-58-76-59(20-22-61(77(60)76)81(87)94)79(92)86(78(58)91)33-36-95-39-42-98-44-41-97-38-35-88/h4-30,49,82,85,88H,31-48H2,1-3H3. The summed E-state index contributed by atoms with van der Waals surface area (Å²) in [5, 5.41) is 9.33. The van der Waals surface area contributed by atoms with E-state index >= 15 is 0 Å². The lowest BCUT2D eigenvalue weighted by Crippen LogP contribution is -2.45. The van der Waals surface area contributed by atoms with Crippen molar-refractivity contribution in [2.45, 2.75) is 33.6 Å². The maximum atomic E-state index is 13.8. The van der Waals surface area contributed by atoms with Gasteiger partial charge >= 0.3 is 11.9 Å². The fourth-order valence-corrected chi connectivity index (χ4v) is 12.8. The predicted octanol–water partition coefficient (Wildman–Crippen LogP) is 12.6. The first-order valence-corrected chi connectivity index (χ1v) is 34.0. The van der Waals surface area contributed by atoms with Gasteiger partial charge in [0.1, 0.15) is 12.4 Å². The number of rotatable bonds is 31. The summed E-state index contributed by atoms with van der Waals surface area (Å²) < 4.78 is 44.4. The van der Waals surface area contributed by atoms with E-state index in [1.54, 1.807) is 12.1 Å². The van der Waals surface area contributed by atoms with E-state index in [2.05, 4.69) is 134 Å². The van der Waals surface area contributed by atoms with Crippen LogP contribution in [0.1, 0.15) is 93.7 Å². The van der Waals surface area contributed by atoms with Crippen molar-refractivity contribution in [3.8, 4) is 50.3 Å². The van der Waals surface area contributed by atoms with Crippen LogP contribution in [0, 0.1) is 20.8 Å². The molecule has 4 aliphatic heterocycles. The third kappa shape index (κ3) is 15.5.